The van der Waals surface area contributed by atoms with Crippen molar-refractivity contribution in [3.63, 3.8) is 0 Å². The SMILES string of the molecule is CCc1ncnc(N(C)C2CCC(C)CC2)c1F. The number of aromatic nitrogens is 2. The fourth-order valence-electron chi connectivity index (χ4n) is 2.69. The maximum Gasteiger partial charge on any atom is 0.187 e. The second-order valence-corrected chi connectivity index (χ2v) is 5.34. The van der Waals surface area contributed by atoms with Crippen LogP contribution in [0.4, 0.5) is 10.2 Å². The van der Waals surface area contributed by atoms with Gasteiger partial charge in [-0.05, 0) is 38.0 Å². The average Bonchev–Trinajstić information content (AvgIpc) is 2.39. The van der Waals surface area contributed by atoms with Crippen molar-refractivity contribution < 1.29 is 4.39 Å². The van der Waals surface area contributed by atoms with Crippen molar-refractivity contribution in [2.75, 3.05) is 11.9 Å². The van der Waals surface area contributed by atoms with Crippen LogP contribution >= 0.6 is 0 Å². The number of aryl methyl sites for hydroxylation is 1. The highest BCUT2D eigenvalue weighted by atomic mass is 19.1. The molecule has 0 aromatic carbocycles. The first-order valence-electron chi connectivity index (χ1n) is 6.85. The first-order chi connectivity index (χ1) is 8.63. The second kappa shape index (κ2) is 5.63. The zero-order chi connectivity index (χ0) is 13.1. The maximum atomic E-state index is 14.2. The first kappa shape index (κ1) is 13.2. The molecule has 0 spiro atoms. The third kappa shape index (κ3) is 2.62. The lowest BCUT2D eigenvalue weighted by Gasteiger charge is -2.34. The van der Waals surface area contributed by atoms with Gasteiger partial charge < -0.3 is 4.90 Å². The fourth-order valence-corrected chi connectivity index (χ4v) is 2.69. The van der Waals surface area contributed by atoms with Crippen LogP contribution in [0.1, 0.15) is 45.2 Å². The van der Waals surface area contributed by atoms with Crippen LogP contribution in [-0.4, -0.2) is 23.1 Å². The summed E-state index contributed by atoms with van der Waals surface area (Å²) in [7, 11) is 1.95. The van der Waals surface area contributed by atoms with Gasteiger partial charge in [0.25, 0.3) is 0 Å². The Morgan fingerprint density at radius 3 is 2.56 bits per heavy atom. The van der Waals surface area contributed by atoms with Crippen LogP contribution in [0.15, 0.2) is 6.33 Å². The van der Waals surface area contributed by atoms with Crippen molar-refractivity contribution in [3.05, 3.63) is 17.8 Å². The molecule has 1 fully saturated rings. The minimum absolute atomic E-state index is 0.249. The molecular formula is C14H22FN3. The summed E-state index contributed by atoms with van der Waals surface area (Å²) in [6.45, 7) is 4.20. The summed E-state index contributed by atoms with van der Waals surface area (Å²) in [6.07, 6.45) is 6.78. The molecule has 1 aliphatic rings. The van der Waals surface area contributed by atoms with Crippen molar-refractivity contribution in [2.45, 2.75) is 52.0 Å². The predicted octanol–water partition coefficient (Wildman–Crippen LogP) is 3.19. The van der Waals surface area contributed by atoms with E-state index >= 15 is 0 Å². The third-order valence-electron chi connectivity index (χ3n) is 4.05. The first-order valence-corrected chi connectivity index (χ1v) is 6.85. The normalized spacial score (nSPS) is 24.0. The number of hydrogen-bond acceptors (Lipinski definition) is 3. The van der Waals surface area contributed by atoms with Gasteiger partial charge >= 0.3 is 0 Å². The molecule has 0 amide bonds. The minimum Gasteiger partial charge on any atom is -0.354 e. The Morgan fingerprint density at radius 2 is 1.94 bits per heavy atom. The summed E-state index contributed by atoms with van der Waals surface area (Å²) in [6, 6.07) is 0.412. The Kier molecular flexibility index (Phi) is 4.15. The summed E-state index contributed by atoms with van der Waals surface area (Å²) >= 11 is 0. The highest BCUT2D eigenvalue weighted by Crippen LogP contribution is 2.29. The van der Waals surface area contributed by atoms with E-state index in [4.69, 9.17) is 0 Å². The molecule has 100 valence electrons. The molecule has 1 heterocycles. The van der Waals surface area contributed by atoms with Crippen LogP contribution in [-0.2, 0) is 6.42 Å². The lowest BCUT2D eigenvalue weighted by Crippen LogP contribution is -2.36. The van der Waals surface area contributed by atoms with Crippen molar-refractivity contribution in [2.24, 2.45) is 5.92 Å². The molecular weight excluding hydrogens is 229 g/mol. The van der Waals surface area contributed by atoms with Gasteiger partial charge in [-0.3, -0.25) is 0 Å². The number of halogens is 1. The van der Waals surface area contributed by atoms with Gasteiger partial charge in [-0.2, -0.15) is 0 Å². The van der Waals surface area contributed by atoms with Crippen LogP contribution in [0.5, 0.6) is 0 Å². The molecule has 1 aromatic heterocycles. The van der Waals surface area contributed by atoms with E-state index in [2.05, 4.69) is 16.9 Å². The Labute approximate surface area is 108 Å². The molecule has 2 rings (SSSR count). The van der Waals surface area contributed by atoms with E-state index in [0.29, 0.717) is 24.0 Å². The molecule has 0 aliphatic heterocycles. The zero-order valence-electron chi connectivity index (χ0n) is 11.5. The lowest BCUT2D eigenvalue weighted by molar-refractivity contribution is 0.338. The Balaban J connectivity index is 2.15. The van der Waals surface area contributed by atoms with Crippen molar-refractivity contribution >= 4 is 5.82 Å². The molecule has 3 nitrogen and oxygen atoms in total. The average molecular weight is 251 g/mol. The van der Waals surface area contributed by atoms with Crippen molar-refractivity contribution in [3.8, 4) is 0 Å². The van der Waals surface area contributed by atoms with Gasteiger partial charge in [0.1, 0.15) is 6.33 Å². The van der Waals surface area contributed by atoms with E-state index in [9.17, 15) is 4.39 Å². The summed E-state index contributed by atoms with van der Waals surface area (Å²) in [4.78, 5) is 10.1. The number of anilines is 1. The quantitative estimate of drug-likeness (QED) is 0.826. The zero-order valence-corrected chi connectivity index (χ0v) is 11.5. The molecule has 1 saturated carbocycles. The van der Waals surface area contributed by atoms with Gasteiger partial charge in [-0.25, -0.2) is 14.4 Å². The van der Waals surface area contributed by atoms with Gasteiger partial charge in [-0.1, -0.05) is 13.8 Å². The Morgan fingerprint density at radius 1 is 1.28 bits per heavy atom. The topological polar surface area (TPSA) is 29.0 Å². The summed E-state index contributed by atoms with van der Waals surface area (Å²) in [5.41, 5.74) is 0.510. The summed E-state index contributed by atoms with van der Waals surface area (Å²) < 4.78 is 14.2. The van der Waals surface area contributed by atoms with E-state index in [-0.39, 0.29) is 5.82 Å². The highest BCUT2D eigenvalue weighted by Gasteiger charge is 2.25. The van der Waals surface area contributed by atoms with Gasteiger partial charge in [0.05, 0.1) is 5.69 Å². The minimum atomic E-state index is -0.249. The van der Waals surface area contributed by atoms with Crippen LogP contribution in [0, 0.1) is 11.7 Å². The molecule has 0 saturated heterocycles. The second-order valence-electron chi connectivity index (χ2n) is 5.34. The van der Waals surface area contributed by atoms with Crippen LogP contribution in [0.3, 0.4) is 0 Å². The van der Waals surface area contributed by atoms with Crippen LogP contribution in [0.2, 0.25) is 0 Å². The summed E-state index contributed by atoms with van der Waals surface area (Å²) in [5, 5.41) is 0. The molecule has 0 unspecified atom stereocenters. The molecule has 1 aliphatic carbocycles. The molecule has 0 N–H and O–H groups in total. The fraction of sp³-hybridized carbons (Fsp3) is 0.714. The third-order valence-corrected chi connectivity index (χ3v) is 4.05. The van der Waals surface area contributed by atoms with Gasteiger partial charge in [0.2, 0.25) is 0 Å². The van der Waals surface area contributed by atoms with Crippen LogP contribution < -0.4 is 4.90 Å². The van der Waals surface area contributed by atoms with E-state index < -0.39 is 0 Å². The van der Waals surface area contributed by atoms with Gasteiger partial charge in [-0.15, -0.1) is 0 Å². The summed E-state index contributed by atoms with van der Waals surface area (Å²) in [5.74, 6) is 1.01. The van der Waals surface area contributed by atoms with E-state index in [1.54, 1.807) is 0 Å². The largest absolute Gasteiger partial charge is 0.354 e. The molecule has 0 radical (unpaired) electrons. The molecule has 1 aromatic rings. The molecule has 4 heteroatoms. The van der Waals surface area contributed by atoms with Crippen LogP contribution in [0.25, 0.3) is 0 Å². The molecule has 0 atom stereocenters. The molecule has 0 bridgehead atoms. The predicted molar refractivity (Wildman–Crippen MR) is 71.2 cm³/mol. The molecule has 18 heavy (non-hydrogen) atoms. The lowest BCUT2D eigenvalue weighted by atomic mass is 9.87. The number of nitrogens with zero attached hydrogens (tertiary/aromatic N) is 3. The van der Waals surface area contributed by atoms with Crippen molar-refractivity contribution in [1.29, 1.82) is 0 Å². The Bertz CT molecular complexity index is 400. The highest BCUT2D eigenvalue weighted by molar-refractivity contribution is 5.41. The smallest absolute Gasteiger partial charge is 0.187 e. The van der Waals surface area contributed by atoms with Gasteiger partial charge in [0, 0.05) is 13.1 Å². The number of rotatable bonds is 3. The Hall–Kier alpha value is -1.19. The maximum absolute atomic E-state index is 14.2. The monoisotopic (exact) mass is 251 g/mol. The van der Waals surface area contributed by atoms with Gasteiger partial charge in [0.15, 0.2) is 11.6 Å². The van der Waals surface area contributed by atoms with E-state index in [1.165, 1.54) is 19.2 Å². The number of hydrogen-bond donors (Lipinski definition) is 0. The standard InChI is InChI=1S/C14H22FN3/c1-4-12-13(15)14(17-9-16-12)18(3)11-7-5-10(2)6-8-11/h9-11H,4-8H2,1-3H3. The van der Waals surface area contributed by atoms with E-state index in [0.717, 1.165) is 18.8 Å². The van der Waals surface area contributed by atoms with E-state index in [1.807, 2.05) is 18.9 Å². The van der Waals surface area contributed by atoms with Crippen molar-refractivity contribution in [1.82, 2.24) is 9.97 Å².